The Labute approximate surface area is 302 Å². The molecule has 4 aromatic carbocycles. The Morgan fingerprint density at radius 3 is 2.00 bits per heavy atom. The van der Waals surface area contributed by atoms with Crippen LogP contribution in [-0.2, 0) is 4.79 Å². The predicted octanol–water partition coefficient (Wildman–Crippen LogP) is 6.16. The smallest absolute Gasteiger partial charge is 0.414 e. The fourth-order valence-corrected chi connectivity index (χ4v) is 7.61. The molecule has 1 amide bonds. The largest absolute Gasteiger partial charge is 0.508 e. The molecule has 8 N–H and O–H groups in total. The summed E-state index contributed by atoms with van der Waals surface area (Å²) >= 11 is 3.68. The number of hydrogen-bond acceptors (Lipinski definition) is 15. The van der Waals surface area contributed by atoms with E-state index >= 15 is 0 Å². The molecule has 0 spiro atoms. The number of phenols is 4. The Hall–Kier alpha value is -6.38. The Morgan fingerprint density at radius 1 is 0.692 bits per heavy atom. The first-order valence-corrected chi connectivity index (χ1v) is 16.7. The maximum absolute atomic E-state index is 10.7. The molecule has 1 atom stereocenters. The molecule has 0 radical (unpaired) electrons. The molecule has 8 rings (SSSR count). The fourth-order valence-electron chi connectivity index (χ4n) is 4.40. The van der Waals surface area contributed by atoms with E-state index in [2.05, 4.69) is 9.53 Å². The van der Waals surface area contributed by atoms with Gasteiger partial charge in [-0.25, -0.2) is 19.3 Å². The normalized spacial score (nSPS) is 13.6. The highest BCUT2D eigenvalue weighted by molar-refractivity contribution is 8.20. The zero-order valence-corrected chi connectivity index (χ0v) is 28.3. The lowest BCUT2D eigenvalue weighted by Crippen LogP contribution is -2.27. The molecule has 4 heterocycles. The molecule has 0 fully saturated rings. The van der Waals surface area contributed by atoms with Gasteiger partial charge in [-0.05, 0) is 72.2 Å². The Balaban J connectivity index is 0.000000134. The van der Waals surface area contributed by atoms with Crippen molar-refractivity contribution in [3.8, 4) is 28.7 Å². The van der Waals surface area contributed by atoms with Crippen LogP contribution in [0.1, 0.15) is 21.0 Å². The summed E-state index contributed by atoms with van der Waals surface area (Å²) in [4.78, 5) is 45.3. The average Bonchev–Trinajstić information content (AvgIpc) is 3.89. The minimum Gasteiger partial charge on any atom is -0.508 e. The molecule has 52 heavy (non-hydrogen) atoms. The third-order valence-electron chi connectivity index (χ3n) is 6.72. The first-order valence-electron chi connectivity index (χ1n) is 14.2. The predicted molar refractivity (Wildman–Crippen MR) is 186 cm³/mol. The van der Waals surface area contributed by atoms with Gasteiger partial charge in [0.25, 0.3) is 0 Å². The van der Waals surface area contributed by atoms with Crippen LogP contribution in [0.15, 0.2) is 87.1 Å². The van der Waals surface area contributed by atoms with E-state index in [0.717, 1.165) is 30.9 Å². The van der Waals surface area contributed by atoms with Gasteiger partial charge in [-0.1, -0.05) is 28.7 Å². The molecule has 2 aliphatic rings. The van der Waals surface area contributed by atoms with Gasteiger partial charge in [-0.2, -0.15) is 4.37 Å². The molecule has 1 unspecified atom stereocenters. The van der Waals surface area contributed by atoms with Crippen LogP contribution in [0.5, 0.6) is 28.7 Å². The number of benzene rings is 4. The number of phenolic OH excluding ortho intramolecular Hbond substituents is 4. The molecule has 20 heteroatoms. The number of carboxylic acid groups (broad SMARTS) is 4. The minimum absolute atomic E-state index is 0.00380. The van der Waals surface area contributed by atoms with Crippen molar-refractivity contribution in [3.05, 3.63) is 84.2 Å². The van der Waals surface area contributed by atoms with Crippen molar-refractivity contribution in [2.75, 3.05) is 11.6 Å². The lowest BCUT2D eigenvalue weighted by molar-refractivity contribution is -0.134. The number of rotatable bonds is 3. The van der Waals surface area contributed by atoms with Crippen molar-refractivity contribution in [1.82, 2.24) is 9.53 Å². The number of carboxylic acids is 3. The van der Waals surface area contributed by atoms with Gasteiger partial charge in [0.05, 0.1) is 15.8 Å². The number of ether oxygens (including phenoxy) is 1. The standard InChI is InChI=1S/C8H7NO4.C8H5NO4.C8H5NO3S.C8H6O3S2/c10-5-1-2-7-6(3-5)9(4-13-7)8(11)12;10-4-1-2-5-6(3-4)13-9-7(5)8(11)12;10-4-1-2-6-5(3-4)7(8(11)12)9-13-6;9-4-1-2-5-6(3-4)13-8(12-5)7(10)11/h1-3,10H,4H2,(H,11,12);2*1-3,10H,(H,11,12);1-3,8-9H,(H,10,11). The van der Waals surface area contributed by atoms with Crippen LogP contribution in [0.25, 0.3) is 21.1 Å². The number of nitrogens with zero attached hydrogens (tertiary/aromatic N) is 3. The van der Waals surface area contributed by atoms with Gasteiger partial charge in [-0.15, -0.1) is 0 Å². The van der Waals surface area contributed by atoms with Gasteiger partial charge in [0.2, 0.25) is 0 Å². The van der Waals surface area contributed by atoms with E-state index in [1.807, 2.05) is 0 Å². The molecule has 268 valence electrons. The van der Waals surface area contributed by atoms with E-state index in [1.165, 1.54) is 72.1 Å². The van der Waals surface area contributed by atoms with Crippen LogP contribution in [0.2, 0.25) is 0 Å². The lowest BCUT2D eigenvalue weighted by atomic mass is 10.2. The molecular weight excluding hydrogens is 747 g/mol. The summed E-state index contributed by atoms with van der Waals surface area (Å²) in [6.45, 7) is -0.0197. The Kier molecular flexibility index (Phi) is 11.1. The van der Waals surface area contributed by atoms with Crippen molar-refractivity contribution < 1.29 is 69.3 Å². The molecule has 2 aromatic heterocycles. The lowest BCUT2D eigenvalue weighted by Gasteiger charge is -2.08. The second-order valence-electron chi connectivity index (χ2n) is 10.2. The highest BCUT2D eigenvalue weighted by atomic mass is 32.2. The SMILES string of the molecule is O=C(O)C1Sc2ccc(O)cc2S1.O=C(O)N1COc2ccc(O)cc21.O=C(O)c1noc2cc(O)ccc12.O=C(O)c1nsc2ccc(O)cc12. The summed E-state index contributed by atoms with van der Waals surface area (Å²) in [6.07, 6.45) is -1.09. The van der Waals surface area contributed by atoms with Crippen molar-refractivity contribution in [2.45, 2.75) is 14.4 Å². The van der Waals surface area contributed by atoms with Crippen molar-refractivity contribution in [1.29, 1.82) is 0 Å². The average molecular weight is 770 g/mol. The summed E-state index contributed by atoms with van der Waals surface area (Å²) in [6, 6.07) is 17.9. The van der Waals surface area contributed by atoms with Crippen molar-refractivity contribution >= 4 is 85.8 Å². The Morgan fingerprint density at radius 2 is 1.31 bits per heavy atom. The first-order chi connectivity index (χ1) is 24.7. The van der Waals surface area contributed by atoms with Crippen LogP contribution in [0.3, 0.4) is 0 Å². The molecule has 6 aromatic rings. The molecule has 0 saturated heterocycles. The van der Waals surface area contributed by atoms with Gasteiger partial charge in [0, 0.05) is 27.3 Å². The van der Waals surface area contributed by atoms with Crippen LogP contribution in [0.4, 0.5) is 10.5 Å². The minimum atomic E-state index is -1.15. The number of anilines is 1. The van der Waals surface area contributed by atoms with Crippen LogP contribution in [0, 0.1) is 0 Å². The van der Waals surface area contributed by atoms with E-state index in [0.29, 0.717) is 22.2 Å². The summed E-state index contributed by atoms with van der Waals surface area (Å²) < 4.78 is 13.8. The molecule has 0 bridgehead atoms. The van der Waals surface area contributed by atoms with E-state index in [4.69, 9.17) is 50.1 Å². The van der Waals surface area contributed by atoms with Gasteiger partial charge < -0.3 is 50.1 Å². The summed E-state index contributed by atoms with van der Waals surface area (Å²) in [5.74, 6) is -2.31. The van der Waals surface area contributed by atoms with Crippen molar-refractivity contribution in [2.24, 2.45) is 0 Å². The highest BCUT2D eigenvalue weighted by Crippen LogP contribution is 2.48. The first kappa shape index (κ1) is 36.9. The maximum Gasteiger partial charge on any atom is 0.414 e. The Bertz CT molecular complexity index is 2330. The van der Waals surface area contributed by atoms with Crippen LogP contribution in [-0.4, -0.2) is 85.7 Å². The molecular formula is C32H23N3O14S3. The van der Waals surface area contributed by atoms with E-state index in [-0.39, 0.29) is 46.7 Å². The van der Waals surface area contributed by atoms with E-state index in [9.17, 15) is 19.2 Å². The van der Waals surface area contributed by atoms with E-state index in [1.54, 1.807) is 24.3 Å². The van der Waals surface area contributed by atoms with Crippen LogP contribution >= 0.6 is 35.1 Å². The summed E-state index contributed by atoms with van der Waals surface area (Å²) in [7, 11) is 0. The summed E-state index contributed by atoms with van der Waals surface area (Å²) in [5, 5.41) is 75.5. The number of hydrogen-bond donors (Lipinski definition) is 8. The zero-order chi connectivity index (χ0) is 37.7. The zero-order valence-electron chi connectivity index (χ0n) is 25.8. The van der Waals surface area contributed by atoms with E-state index < -0.39 is 28.6 Å². The van der Waals surface area contributed by atoms with Gasteiger partial charge >= 0.3 is 24.0 Å². The van der Waals surface area contributed by atoms with Gasteiger partial charge in [0.15, 0.2) is 28.3 Å². The van der Waals surface area contributed by atoms with Gasteiger partial charge in [-0.3, -0.25) is 4.79 Å². The third kappa shape index (κ3) is 8.49. The quantitative estimate of drug-likeness (QED) is 0.1000. The number of aromatic hydroxyl groups is 4. The van der Waals surface area contributed by atoms with Crippen molar-refractivity contribution in [3.63, 3.8) is 0 Å². The van der Waals surface area contributed by atoms with Crippen LogP contribution < -0.4 is 9.64 Å². The number of thioether (sulfide) groups is 2. The topological polar surface area (TPSA) is 282 Å². The molecule has 2 aliphatic heterocycles. The second-order valence-corrected chi connectivity index (χ2v) is 13.6. The highest BCUT2D eigenvalue weighted by Gasteiger charge is 2.29. The molecule has 0 saturated carbocycles. The summed E-state index contributed by atoms with van der Waals surface area (Å²) in [5.41, 5.74) is 0.496. The third-order valence-corrected chi connectivity index (χ3v) is 10.3. The monoisotopic (exact) mass is 769 g/mol. The van der Waals surface area contributed by atoms with Gasteiger partial charge in [0.1, 0.15) is 28.7 Å². The molecule has 0 aliphatic carbocycles. The maximum atomic E-state index is 10.7. The number of fused-ring (bicyclic) bond motifs is 4. The number of amides is 1. The second kappa shape index (κ2) is 15.7. The fraction of sp³-hybridized carbons (Fsp3) is 0.0625. The number of aliphatic carboxylic acids is 1. The number of carbonyl (C=O) groups is 4. The molecule has 17 nitrogen and oxygen atoms in total. The number of aromatic nitrogens is 2. The number of aromatic carboxylic acids is 2.